The van der Waals surface area contributed by atoms with Gasteiger partial charge in [-0.2, -0.15) is 0 Å². The summed E-state index contributed by atoms with van der Waals surface area (Å²) < 4.78 is 13.9. The Morgan fingerprint density at radius 1 is 1.14 bits per heavy atom. The van der Waals surface area contributed by atoms with Crippen molar-refractivity contribution in [2.24, 2.45) is 0 Å². The lowest BCUT2D eigenvalue weighted by atomic mass is 10.2. The molecule has 0 unspecified atom stereocenters. The predicted octanol–water partition coefficient (Wildman–Crippen LogP) is 2.86. The lowest BCUT2D eigenvalue weighted by Gasteiger charge is -2.36. The highest BCUT2D eigenvalue weighted by Crippen LogP contribution is 2.23. The normalized spacial score (nSPS) is 14.0. The molecule has 9 heteroatoms. The summed E-state index contributed by atoms with van der Waals surface area (Å²) in [5, 5.41) is 3.01. The Morgan fingerprint density at radius 3 is 2.45 bits per heavy atom. The van der Waals surface area contributed by atoms with Gasteiger partial charge in [-0.3, -0.25) is 14.4 Å². The third kappa shape index (κ3) is 5.17. The van der Waals surface area contributed by atoms with E-state index in [9.17, 15) is 18.8 Å². The van der Waals surface area contributed by atoms with E-state index in [1.165, 1.54) is 13.0 Å². The SMILES string of the molecule is CC(=O)c1sc(NC(=O)CCC(=O)N2CCN(c3ccccc3F)CC2)nc1C. The van der Waals surface area contributed by atoms with E-state index in [1.54, 1.807) is 30.0 Å². The molecule has 0 spiro atoms. The minimum Gasteiger partial charge on any atom is -0.366 e. The average molecular weight is 418 g/mol. The van der Waals surface area contributed by atoms with Crippen LogP contribution in [0, 0.1) is 12.7 Å². The molecule has 7 nitrogen and oxygen atoms in total. The number of thiazole rings is 1. The summed E-state index contributed by atoms with van der Waals surface area (Å²) >= 11 is 1.13. The van der Waals surface area contributed by atoms with Crippen molar-refractivity contribution in [2.75, 3.05) is 36.4 Å². The van der Waals surface area contributed by atoms with E-state index in [2.05, 4.69) is 10.3 Å². The van der Waals surface area contributed by atoms with Gasteiger partial charge in [0.15, 0.2) is 10.9 Å². The van der Waals surface area contributed by atoms with Gasteiger partial charge < -0.3 is 15.1 Å². The third-order valence-electron chi connectivity index (χ3n) is 4.75. The van der Waals surface area contributed by atoms with Crippen LogP contribution in [0.2, 0.25) is 0 Å². The molecule has 1 aliphatic heterocycles. The molecule has 0 saturated carbocycles. The number of halogens is 1. The molecule has 3 rings (SSSR count). The zero-order chi connectivity index (χ0) is 21.0. The molecule has 0 atom stereocenters. The maximum Gasteiger partial charge on any atom is 0.226 e. The van der Waals surface area contributed by atoms with Crippen LogP contribution in [0.15, 0.2) is 24.3 Å². The number of carbonyl (C=O) groups excluding carboxylic acids is 3. The van der Waals surface area contributed by atoms with Gasteiger partial charge >= 0.3 is 0 Å². The highest BCUT2D eigenvalue weighted by Gasteiger charge is 2.23. The molecule has 154 valence electrons. The zero-order valence-corrected chi connectivity index (χ0v) is 17.2. The minimum absolute atomic E-state index is 0.0421. The lowest BCUT2D eigenvalue weighted by molar-refractivity contribution is -0.133. The fourth-order valence-electron chi connectivity index (χ4n) is 3.24. The Kier molecular flexibility index (Phi) is 6.58. The van der Waals surface area contributed by atoms with Crippen molar-refractivity contribution in [3.63, 3.8) is 0 Å². The topological polar surface area (TPSA) is 82.6 Å². The lowest BCUT2D eigenvalue weighted by Crippen LogP contribution is -2.49. The number of benzene rings is 1. The average Bonchev–Trinajstić information content (AvgIpc) is 3.07. The summed E-state index contributed by atoms with van der Waals surface area (Å²) in [5.41, 5.74) is 1.13. The number of Topliss-reactive ketones (excluding diaryl/α,β-unsaturated/α-hetero) is 1. The molecule has 0 aliphatic carbocycles. The van der Waals surface area contributed by atoms with E-state index in [-0.39, 0.29) is 36.3 Å². The van der Waals surface area contributed by atoms with Gasteiger partial charge in [0.25, 0.3) is 0 Å². The van der Waals surface area contributed by atoms with Crippen LogP contribution in [0.25, 0.3) is 0 Å². The number of carbonyl (C=O) groups is 3. The number of ketones is 1. The summed E-state index contributed by atoms with van der Waals surface area (Å²) in [5.74, 6) is -0.778. The van der Waals surface area contributed by atoms with Crippen LogP contribution >= 0.6 is 11.3 Å². The number of hydrogen-bond donors (Lipinski definition) is 1. The van der Waals surface area contributed by atoms with Gasteiger partial charge in [0, 0.05) is 45.9 Å². The van der Waals surface area contributed by atoms with Crippen LogP contribution in [0.5, 0.6) is 0 Å². The molecule has 0 radical (unpaired) electrons. The molecule has 1 saturated heterocycles. The van der Waals surface area contributed by atoms with Crippen molar-refractivity contribution in [2.45, 2.75) is 26.7 Å². The van der Waals surface area contributed by atoms with Gasteiger partial charge in [0.05, 0.1) is 16.3 Å². The van der Waals surface area contributed by atoms with E-state index in [0.717, 1.165) is 11.3 Å². The highest BCUT2D eigenvalue weighted by molar-refractivity contribution is 7.17. The fourth-order valence-corrected chi connectivity index (χ4v) is 4.12. The predicted molar refractivity (Wildman–Crippen MR) is 110 cm³/mol. The standard InChI is InChI=1S/C20H23FN4O3S/c1-13-19(14(2)26)29-20(22-13)23-17(27)7-8-18(28)25-11-9-24(10-12-25)16-6-4-3-5-15(16)21/h3-6H,7-12H2,1-2H3,(H,22,23,27). The molecule has 1 fully saturated rings. The molecule has 1 N–H and O–H groups in total. The Morgan fingerprint density at radius 2 is 1.83 bits per heavy atom. The summed E-state index contributed by atoms with van der Waals surface area (Å²) in [6.07, 6.45) is 0.135. The second-order valence-corrected chi connectivity index (χ2v) is 7.86. The van der Waals surface area contributed by atoms with Crippen molar-refractivity contribution >= 4 is 39.8 Å². The van der Waals surface area contributed by atoms with Gasteiger partial charge in [-0.25, -0.2) is 9.37 Å². The molecule has 29 heavy (non-hydrogen) atoms. The second-order valence-electron chi connectivity index (χ2n) is 6.86. The number of nitrogens with one attached hydrogen (secondary N) is 1. The number of hydrogen-bond acceptors (Lipinski definition) is 6. The number of rotatable bonds is 6. The van der Waals surface area contributed by atoms with Crippen LogP contribution in [-0.4, -0.2) is 53.7 Å². The maximum absolute atomic E-state index is 13.9. The molecule has 2 amide bonds. The van der Waals surface area contributed by atoms with E-state index in [1.807, 2.05) is 4.90 Å². The first kappa shape index (κ1) is 20.9. The van der Waals surface area contributed by atoms with Gasteiger partial charge in [0.2, 0.25) is 11.8 Å². The highest BCUT2D eigenvalue weighted by atomic mass is 32.1. The van der Waals surface area contributed by atoms with Gasteiger partial charge in [-0.15, -0.1) is 0 Å². The second kappa shape index (κ2) is 9.13. The Bertz CT molecular complexity index is 922. The summed E-state index contributed by atoms with van der Waals surface area (Å²) in [4.78, 5) is 44.3. The molecular weight excluding hydrogens is 395 g/mol. The van der Waals surface area contributed by atoms with Crippen LogP contribution in [0.1, 0.15) is 35.1 Å². The smallest absolute Gasteiger partial charge is 0.226 e. The first-order valence-corrected chi connectivity index (χ1v) is 10.2. The van der Waals surface area contributed by atoms with E-state index >= 15 is 0 Å². The van der Waals surface area contributed by atoms with Crippen LogP contribution in [0.4, 0.5) is 15.2 Å². The molecule has 1 aromatic heterocycles. The Labute approximate surface area is 172 Å². The molecule has 2 aromatic rings. The summed E-state index contributed by atoms with van der Waals surface area (Å²) in [6, 6.07) is 6.60. The number of nitrogens with zero attached hydrogens (tertiary/aromatic N) is 3. The van der Waals surface area contributed by atoms with Crippen LogP contribution in [-0.2, 0) is 9.59 Å². The molecule has 0 bridgehead atoms. The molecular formula is C20H23FN4O3S. The Balaban J connectivity index is 1.45. The molecule has 1 aliphatic rings. The number of aryl methyl sites for hydroxylation is 1. The minimum atomic E-state index is -0.313. The maximum atomic E-state index is 13.9. The fraction of sp³-hybridized carbons (Fsp3) is 0.400. The quantitative estimate of drug-likeness (QED) is 0.730. The number of amides is 2. The number of para-hydroxylation sites is 1. The number of aromatic nitrogens is 1. The van der Waals surface area contributed by atoms with E-state index in [0.29, 0.717) is 47.6 Å². The van der Waals surface area contributed by atoms with Crippen molar-refractivity contribution in [1.29, 1.82) is 0 Å². The number of anilines is 2. The molecule has 1 aromatic carbocycles. The van der Waals surface area contributed by atoms with E-state index in [4.69, 9.17) is 0 Å². The van der Waals surface area contributed by atoms with Gasteiger partial charge in [0.1, 0.15) is 5.82 Å². The van der Waals surface area contributed by atoms with Crippen molar-refractivity contribution in [3.05, 3.63) is 40.7 Å². The van der Waals surface area contributed by atoms with Crippen molar-refractivity contribution < 1.29 is 18.8 Å². The number of piperazine rings is 1. The van der Waals surface area contributed by atoms with Crippen molar-refractivity contribution in [3.8, 4) is 0 Å². The Hall–Kier alpha value is -2.81. The van der Waals surface area contributed by atoms with Crippen LogP contribution < -0.4 is 10.2 Å². The summed E-state index contributed by atoms with van der Waals surface area (Å²) in [7, 11) is 0. The molecule has 2 heterocycles. The monoisotopic (exact) mass is 418 g/mol. The third-order valence-corrected chi connectivity index (χ3v) is 5.93. The summed E-state index contributed by atoms with van der Waals surface area (Å²) in [6.45, 7) is 5.24. The first-order valence-electron chi connectivity index (χ1n) is 9.40. The van der Waals surface area contributed by atoms with E-state index < -0.39 is 0 Å². The van der Waals surface area contributed by atoms with Crippen LogP contribution in [0.3, 0.4) is 0 Å². The van der Waals surface area contributed by atoms with Crippen molar-refractivity contribution in [1.82, 2.24) is 9.88 Å². The largest absolute Gasteiger partial charge is 0.366 e. The first-order chi connectivity index (χ1) is 13.8. The van der Waals surface area contributed by atoms with Gasteiger partial charge in [-0.05, 0) is 19.1 Å². The zero-order valence-electron chi connectivity index (χ0n) is 16.4. The van der Waals surface area contributed by atoms with Gasteiger partial charge in [-0.1, -0.05) is 23.5 Å².